The number of rotatable bonds is 9. The van der Waals surface area contributed by atoms with Gasteiger partial charge in [-0.15, -0.1) is 0 Å². The van der Waals surface area contributed by atoms with Gasteiger partial charge in [0.05, 0.1) is 22.1 Å². The second kappa shape index (κ2) is 16.2. The molecule has 5 nitrogen and oxygen atoms in total. The fraction of sp³-hybridized carbons (Fsp3) is 0. The van der Waals surface area contributed by atoms with E-state index >= 15 is 0 Å². The first kappa shape index (κ1) is 41.5. The van der Waals surface area contributed by atoms with E-state index in [-0.39, 0.29) is 0 Å². The minimum atomic E-state index is 0.848. The molecule has 0 aliphatic carbocycles. The molecule has 0 aliphatic rings. The number of nitrogens with zero attached hydrogens (tertiary/aromatic N) is 4. The van der Waals surface area contributed by atoms with Gasteiger partial charge in [0.15, 0.2) is 0 Å². The number of benzene rings is 13. The van der Waals surface area contributed by atoms with Gasteiger partial charge in [-0.25, -0.2) is 0 Å². The number of furan rings is 1. The van der Waals surface area contributed by atoms with Crippen molar-refractivity contribution in [3.8, 4) is 22.5 Å². The first-order chi connectivity index (χ1) is 37.2. The lowest BCUT2D eigenvalue weighted by Crippen LogP contribution is -2.11. The van der Waals surface area contributed by atoms with Crippen molar-refractivity contribution in [2.75, 3.05) is 9.80 Å². The molecule has 16 aromatic rings. The van der Waals surface area contributed by atoms with Crippen LogP contribution in [0.2, 0.25) is 0 Å². The summed E-state index contributed by atoms with van der Waals surface area (Å²) in [5.74, 6) is 0. The van der Waals surface area contributed by atoms with Crippen LogP contribution in [-0.4, -0.2) is 9.13 Å². The number of fused-ring (bicyclic) bond motifs is 3. The molecule has 16 rings (SSSR count). The zero-order valence-electron chi connectivity index (χ0n) is 40.6. The van der Waals surface area contributed by atoms with Gasteiger partial charge < -0.3 is 23.4 Å². The summed E-state index contributed by atoms with van der Waals surface area (Å²) in [5, 5.41) is 12.2. The minimum absolute atomic E-state index is 0.848. The molecule has 0 spiro atoms. The van der Waals surface area contributed by atoms with E-state index in [9.17, 15) is 0 Å². The molecular weight excluding hydrogens is 913 g/mol. The predicted molar refractivity (Wildman–Crippen MR) is 315 cm³/mol. The zero-order chi connectivity index (χ0) is 49.1. The van der Waals surface area contributed by atoms with Crippen molar-refractivity contribution in [3.63, 3.8) is 0 Å². The molecule has 0 bridgehead atoms. The molecule has 0 unspecified atom stereocenters. The van der Waals surface area contributed by atoms with Crippen LogP contribution in [0.4, 0.5) is 34.1 Å². The van der Waals surface area contributed by atoms with Crippen molar-refractivity contribution in [2.24, 2.45) is 0 Å². The Labute approximate surface area is 431 Å². The van der Waals surface area contributed by atoms with E-state index in [0.29, 0.717) is 0 Å². The van der Waals surface area contributed by atoms with Gasteiger partial charge in [-0.2, -0.15) is 0 Å². The van der Waals surface area contributed by atoms with Gasteiger partial charge in [0.25, 0.3) is 0 Å². The second-order valence-electron chi connectivity index (χ2n) is 19.7. The van der Waals surface area contributed by atoms with Gasteiger partial charge in [0.2, 0.25) is 0 Å². The van der Waals surface area contributed by atoms with Crippen molar-refractivity contribution in [1.82, 2.24) is 9.13 Å². The van der Waals surface area contributed by atoms with E-state index in [1.807, 2.05) is 6.07 Å². The zero-order valence-corrected chi connectivity index (χ0v) is 40.6. The highest BCUT2D eigenvalue weighted by molar-refractivity contribution is 6.26. The summed E-state index contributed by atoms with van der Waals surface area (Å²) >= 11 is 0. The topological polar surface area (TPSA) is 29.5 Å². The summed E-state index contributed by atoms with van der Waals surface area (Å²) in [7, 11) is 0. The van der Waals surface area contributed by atoms with E-state index in [0.717, 1.165) is 84.1 Å². The number of hydrogen-bond acceptors (Lipinski definition) is 3. The first-order valence-corrected chi connectivity index (χ1v) is 25.7. The van der Waals surface area contributed by atoms with Crippen LogP contribution in [0.15, 0.2) is 271 Å². The van der Waals surface area contributed by atoms with Gasteiger partial charge in [-0.05, 0) is 148 Å². The van der Waals surface area contributed by atoms with Crippen LogP contribution < -0.4 is 9.80 Å². The Kier molecular flexibility index (Phi) is 8.97. The van der Waals surface area contributed by atoms with Crippen LogP contribution in [0.5, 0.6) is 0 Å². The highest BCUT2D eigenvalue weighted by atomic mass is 16.3. The molecule has 0 saturated carbocycles. The summed E-state index contributed by atoms with van der Waals surface area (Å²) in [6.07, 6.45) is 0. The van der Waals surface area contributed by atoms with Crippen LogP contribution in [0.1, 0.15) is 0 Å². The quantitative estimate of drug-likeness (QED) is 0.135. The summed E-state index contributed by atoms with van der Waals surface area (Å²) in [5.41, 5.74) is 17.3. The highest BCUT2D eigenvalue weighted by Crippen LogP contribution is 2.48. The van der Waals surface area contributed by atoms with E-state index in [2.05, 4.69) is 280 Å². The summed E-state index contributed by atoms with van der Waals surface area (Å²) in [6.45, 7) is 0. The average Bonchev–Trinajstić information content (AvgIpc) is 4.21. The molecule has 3 heterocycles. The summed E-state index contributed by atoms with van der Waals surface area (Å²) < 4.78 is 11.4. The Bertz CT molecular complexity index is 4840. The van der Waals surface area contributed by atoms with E-state index in [4.69, 9.17) is 4.42 Å². The third kappa shape index (κ3) is 6.38. The molecule has 350 valence electrons. The van der Waals surface area contributed by atoms with Gasteiger partial charge in [-0.3, -0.25) is 0 Å². The molecule has 0 radical (unpaired) electrons. The summed E-state index contributed by atoms with van der Waals surface area (Å²) in [4.78, 5) is 4.80. The molecular formula is C70H44N4O. The smallest absolute Gasteiger partial charge is 0.137 e. The Hall–Kier alpha value is -10.1. The summed E-state index contributed by atoms with van der Waals surface area (Å²) in [6, 6.07) is 97.1. The maximum absolute atomic E-state index is 6.59. The van der Waals surface area contributed by atoms with Crippen molar-refractivity contribution >= 4 is 121 Å². The van der Waals surface area contributed by atoms with Crippen molar-refractivity contribution in [1.29, 1.82) is 0 Å². The monoisotopic (exact) mass is 956 g/mol. The maximum Gasteiger partial charge on any atom is 0.137 e. The molecule has 0 saturated heterocycles. The van der Waals surface area contributed by atoms with Crippen molar-refractivity contribution in [3.05, 3.63) is 267 Å². The average molecular weight is 957 g/mol. The molecule has 0 N–H and O–H groups in total. The highest BCUT2D eigenvalue weighted by Gasteiger charge is 2.24. The molecule has 0 atom stereocenters. The third-order valence-corrected chi connectivity index (χ3v) is 15.5. The Morgan fingerprint density at radius 2 is 0.693 bits per heavy atom. The van der Waals surface area contributed by atoms with E-state index in [1.165, 1.54) is 59.6 Å². The molecule has 75 heavy (non-hydrogen) atoms. The minimum Gasteiger partial charge on any atom is -0.456 e. The molecule has 13 aromatic carbocycles. The largest absolute Gasteiger partial charge is 0.456 e. The van der Waals surface area contributed by atoms with Gasteiger partial charge in [0, 0.05) is 83.9 Å². The molecule has 0 aliphatic heterocycles. The van der Waals surface area contributed by atoms with Crippen LogP contribution in [-0.2, 0) is 0 Å². The lowest BCUT2D eigenvalue weighted by atomic mass is 10.00. The van der Waals surface area contributed by atoms with E-state index < -0.39 is 0 Å². The third-order valence-electron chi connectivity index (χ3n) is 15.5. The standard InChI is InChI=1S/C70H44N4O/c1-4-20-51(21-5-1)71(57-40-49-34-32-45-16-14-29-61-67(45)69(49)63(42-57)73(61)52-22-6-2-7-23-52)54-26-12-18-47(38-54)48-19-13-27-55(39-48)72(56-36-37-60-59-28-10-11-31-65(59)75-66(60)44-56)58-41-50-35-33-46-17-15-30-62-68(46)70(50)64(43-58)74(62)53-24-8-3-9-25-53/h1-44H. The van der Waals surface area contributed by atoms with Crippen molar-refractivity contribution < 1.29 is 4.42 Å². The van der Waals surface area contributed by atoms with Crippen LogP contribution >= 0.6 is 0 Å². The molecule has 3 aromatic heterocycles. The normalized spacial score (nSPS) is 12.0. The first-order valence-electron chi connectivity index (χ1n) is 25.7. The Balaban J connectivity index is 0.880. The molecule has 0 amide bonds. The van der Waals surface area contributed by atoms with Gasteiger partial charge >= 0.3 is 0 Å². The van der Waals surface area contributed by atoms with Crippen molar-refractivity contribution in [2.45, 2.75) is 0 Å². The fourth-order valence-electron chi connectivity index (χ4n) is 12.3. The predicted octanol–water partition coefficient (Wildman–Crippen LogP) is 19.6. The number of hydrogen-bond donors (Lipinski definition) is 0. The van der Waals surface area contributed by atoms with E-state index in [1.54, 1.807) is 0 Å². The van der Waals surface area contributed by atoms with Crippen LogP contribution in [0.25, 0.3) is 110 Å². The van der Waals surface area contributed by atoms with Crippen LogP contribution in [0.3, 0.4) is 0 Å². The maximum atomic E-state index is 6.59. The Morgan fingerprint density at radius 3 is 1.27 bits per heavy atom. The fourth-order valence-corrected chi connectivity index (χ4v) is 12.3. The molecule has 0 fully saturated rings. The SMILES string of the molecule is c1ccc(N(c2cccc(-c3cccc(N(c4ccc5c(c4)oc4ccccc45)c4cc5ccc6cccc7c6c5c(c4)n7-c4ccccc4)c3)c2)c2cc3ccc4cccc5c4c3c(c2)n5-c2ccccc2)cc1. The van der Waals surface area contributed by atoms with Crippen LogP contribution in [0, 0.1) is 0 Å². The second-order valence-corrected chi connectivity index (χ2v) is 19.7. The number of aromatic nitrogens is 2. The molecule has 5 heteroatoms. The lowest BCUT2D eigenvalue weighted by Gasteiger charge is -2.27. The van der Waals surface area contributed by atoms with Gasteiger partial charge in [0.1, 0.15) is 11.2 Å². The number of anilines is 6. The Morgan fingerprint density at radius 1 is 0.253 bits per heavy atom. The number of para-hydroxylation sites is 4. The lowest BCUT2D eigenvalue weighted by molar-refractivity contribution is 0.669. The van der Waals surface area contributed by atoms with Gasteiger partial charge in [-0.1, -0.05) is 146 Å².